The first-order chi connectivity index (χ1) is 5.41. The standard InChI is InChI=1S/C8H18N4/c1-6(2)7-9-11-12(10-7)8(3,4)5/h6-7,10H,1-5H3. The van der Waals surface area contributed by atoms with Crippen LogP contribution in [0.2, 0.25) is 0 Å². The zero-order chi connectivity index (χ0) is 9.35. The van der Waals surface area contributed by atoms with E-state index in [1.165, 1.54) is 0 Å². The molecule has 0 aromatic heterocycles. The molecule has 0 radical (unpaired) electrons. The molecular formula is C8H18N4. The van der Waals surface area contributed by atoms with Gasteiger partial charge < -0.3 is 0 Å². The summed E-state index contributed by atoms with van der Waals surface area (Å²) in [7, 11) is 0. The quantitative estimate of drug-likeness (QED) is 0.653. The van der Waals surface area contributed by atoms with Gasteiger partial charge in [-0.05, 0) is 26.7 Å². The minimum Gasteiger partial charge on any atom is -0.204 e. The minimum absolute atomic E-state index is 0.00708. The van der Waals surface area contributed by atoms with Crippen LogP contribution in [0.1, 0.15) is 34.6 Å². The molecule has 1 N–H and O–H groups in total. The summed E-state index contributed by atoms with van der Waals surface area (Å²) < 4.78 is 0. The molecule has 70 valence electrons. The van der Waals surface area contributed by atoms with Crippen LogP contribution >= 0.6 is 0 Å². The first-order valence-electron chi connectivity index (χ1n) is 4.38. The molecule has 1 heterocycles. The molecule has 4 heteroatoms. The van der Waals surface area contributed by atoms with Crippen LogP contribution in [0, 0.1) is 5.92 Å². The third-order valence-corrected chi connectivity index (χ3v) is 1.79. The lowest BCUT2D eigenvalue weighted by atomic mass is 10.1. The Bertz CT molecular complexity index is 180. The van der Waals surface area contributed by atoms with Gasteiger partial charge in [0.05, 0.1) is 5.54 Å². The first kappa shape index (κ1) is 9.45. The second-order valence-electron chi connectivity index (χ2n) is 4.51. The van der Waals surface area contributed by atoms with Crippen molar-refractivity contribution in [2.45, 2.75) is 46.3 Å². The Kier molecular flexibility index (Phi) is 2.37. The molecule has 0 aromatic carbocycles. The van der Waals surface area contributed by atoms with E-state index in [0.29, 0.717) is 5.92 Å². The predicted octanol–water partition coefficient (Wildman–Crippen LogP) is 1.95. The van der Waals surface area contributed by atoms with Crippen LogP contribution in [0.25, 0.3) is 0 Å². The predicted molar refractivity (Wildman–Crippen MR) is 48.2 cm³/mol. The molecule has 0 saturated heterocycles. The Balaban J connectivity index is 2.54. The average Bonchev–Trinajstić information content (AvgIpc) is 2.30. The van der Waals surface area contributed by atoms with Crippen LogP contribution in [0.4, 0.5) is 0 Å². The van der Waals surface area contributed by atoms with Crippen molar-refractivity contribution in [3.8, 4) is 0 Å². The van der Waals surface area contributed by atoms with E-state index >= 15 is 0 Å². The SMILES string of the molecule is CC(C)C1N=NN(C(C)(C)C)N1. The Hall–Kier alpha value is -0.640. The summed E-state index contributed by atoms with van der Waals surface area (Å²) in [5.41, 5.74) is 3.24. The fourth-order valence-corrected chi connectivity index (χ4v) is 0.894. The maximum atomic E-state index is 4.12. The van der Waals surface area contributed by atoms with Gasteiger partial charge in [0.15, 0.2) is 0 Å². The fraction of sp³-hybridized carbons (Fsp3) is 1.00. The molecular weight excluding hydrogens is 152 g/mol. The molecule has 0 saturated carbocycles. The van der Waals surface area contributed by atoms with Gasteiger partial charge in [-0.1, -0.05) is 19.1 Å². The average molecular weight is 170 g/mol. The van der Waals surface area contributed by atoms with E-state index in [4.69, 9.17) is 0 Å². The normalized spacial score (nSPS) is 24.2. The maximum Gasteiger partial charge on any atom is 0.143 e. The number of nitrogens with one attached hydrogen (secondary N) is 1. The molecule has 1 rings (SSSR count). The highest BCUT2D eigenvalue weighted by Gasteiger charge is 2.28. The highest BCUT2D eigenvalue weighted by Crippen LogP contribution is 2.19. The Morgan fingerprint density at radius 3 is 2.17 bits per heavy atom. The molecule has 1 atom stereocenters. The highest BCUT2D eigenvalue weighted by atomic mass is 15.8. The number of nitrogens with zero attached hydrogens (tertiary/aromatic N) is 3. The Morgan fingerprint density at radius 1 is 1.33 bits per heavy atom. The molecule has 12 heavy (non-hydrogen) atoms. The van der Waals surface area contributed by atoms with Gasteiger partial charge in [0.1, 0.15) is 6.17 Å². The molecule has 1 aliphatic heterocycles. The number of hydrogen-bond donors (Lipinski definition) is 1. The van der Waals surface area contributed by atoms with Crippen molar-refractivity contribution in [1.82, 2.24) is 10.5 Å². The Labute approximate surface area is 74.0 Å². The van der Waals surface area contributed by atoms with Gasteiger partial charge in [-0.25, -0.2) is 5.12 Å². The summed E-state index contributed by atoms with van der Waals surface area (Å²) in [5, 5.41) is 10.00. The minimum atomic E-state index is 0.00708. The molecule has 0 fully saturated rings. The van der Waals surface area contributed by atoms with Gasteiger partial charge in [-0.3, -0.25) is 0 Å². The second-order valence-corrected chi connectivity index (χ2v) is 4.51. The molecule has 1 aliphatic rings. The van der Waals surface area contributed by atoms with E-state index in [1.54, 1.807) is 0 Å². The summed E-state index contributed by atoms with van der Waals surface area (Å²) >= 11 is 0. The molecule has 4 nitrogen and oxygen atoms in total. The van der Waals surface area contributed by atoms with E-state index in [2.05, 4.69) is 50.4 Å². The number of rotatable bonds is 1. The van der Waals surface area contributed by atoms with Gasteiger partial charge >= 0.3 is 0 Å². The van der Waals surface area contributed by atoms with Crippen molar-refractivity contribution in [2.24, 2.45) is 16.3 Å². The van der Waals surface area contributed by atoms with Gasteiger partial charge in [-0.15, -0.1) is 5.11 Å². The zero-order valence-corrected chi connectivity index (χ0v) is 8.50. The number of hydrogen-bond acceptors (Lipinski definition) is 4. The van der Waals surface area contributed by atoms with Crippen molar-refractivity contribution in [2.75, 3.05) is 0 Å². The van der Waals surface area contributed by atoms with Crippen LogP contribution in [-0.4, -0.2) is 16.8 Å². The molecule has 0 aromatic rings. The molecule has 0 aliphatic carbocycles. The summed E-state index contributed by atoms with van der Waals surface area (Å²) in [6.45, 7) is 10.6. The van der Waals surface area contributed by atoms with Gasteiger partial charge in [0, 0.05) is 0 Å². The fourth-order valence-electron chi connectivity index (χ4n) is 0.894. The van der Waals surface area contributed by atoms with Crippen molar-refractivity contribution >= 4 is 0 Å². The summed E-state index contributed by atoms with van der Waals surface area (Å²) in [6, 6.07) is 0. The lowest BCUT2D eigenvalue weighted by Crippen LogP contribution is -2.47. The van der Waals surface area contributed by atoms with Crippen LogP contribution in [0.15, 0.2) is 10.3 Å². The van der Waals surface area contributed by atoms with Crippen molar-refractivity contribution in [1.29, 1.82) is 0 Å². The van der Waals surface area contributed by atoms with Crippen LogP contribution in [-0.2, 0) is 0 Å². The number of hydrazine groups is 1. The Morgan fingerprint density at radius 2 is 1.92 bits per heavy atom. The van der Waals surface area contributed by atoms with Gasteiger partial charge in [0.2, 0.25) is 0 Å². The van der Waals surface area contributed by atoms with E-state index in [0.717, 1.165) is 0 Å². The van der Waals surface area contributed by atoms with Gasteiger partial charge in [-0.2, -0.15) is 5.43 Å². The van der Waals surface area contributed by atoms with Crippen LogP contribution in [0.5, 0.6) is 0 Å². The van der Waals surface area contributed by atoms with Crippen molar-refractivity contribution < 1.29 is 0 Å². The molecule has 0 bridgehead atoms. The lowest BCUT2D eigenvalue weighted by Gasteiger charge is -2.29. The van der Waals surface area contributed by atoms with Crippen LogP contribution in [0.3, 0.4) is 0 Å². The summed E-state index contributed by atoms with van der Waals surface area (Å²) in [5.74, 6) is 0.487. The van der Waals surface area contributed by atoms with Crippen LogP contribution < -0.4 is 5.43 Å². The lowest BCUT2D eigenvalue weighted by molar-refractivity contribution is 0.0800. The summed E-state index contributed by atoms with van der Waals surface area (Å²) in [6.07, 6.45) is 0.143. The van der Waals surface area contributed by atoms with Crippen molar-refractivity contribution in [3.63, 3.8) is 0 Å². The van der Waals surface area contributed by atoms with E-state index < -0.39 is 0 Å². The second kappa shape index (κ2) is 3.01. The third kappa shape index (κ3) is 1.94. The van der Waals surface area contributed by atoms with E-state index in [-0.39, 0.29) is 11.7 Å². The maximum absolute atomic E-state index is 4.12. The zero-order valence-electron chi connectivity index (χ0n) is 8.50. The molecule has 0 spiro atoms. The summed E-state index contributed by atoms with van der Waals surface area (Å²) in [4.78, 5) is 0. The first-order valence-corrected chi connectivity index (χ1v) is 4.38. The third-order valence-electron chi connectivity index (χ3n) is 1.79. The van der Waals surface area contributed by atoms with E-state index in [1.807, 2.05) is 5.12 Å². The topological polar surface area (TPSA) is 40.0 Å². The largest absolute Gasteiger partial charge is 0.204 e. The molecule has 0 amide bonds. The highest BCUT2D eigenvalue weighted by molar-refractivity contribution is 4.76. The van der Waals surface area contributed by atoms with Gasteiger partial charge in [0.25, 0.3) is 0 Å². The monoisotopic (exact) mass is 170 g/mol. The van der Waals surface area contributed by atoms with Crippen molar-refractivity contribution in [3.05, 3.63) is 0 Å². The smallest absolute Gasteiger partial charge is 0.143 e. The molecule has 1 unspecified atom stereocenters. The van der Waals surface area contributed by atoms with E-state index in [9.17, 15) is 0 Å².